The van der Waals surface area contributed by atoms with E-state index in [0.29, 0.717) is 48.4 Å². The maximum atomic E-state index is 14.9. The van der Waals surface area contributed by atoms with Gasteiger partial charge >= 0.3 is 18.2 Å². The van der Waals surface area contributed by atoms with E-state index in [0.717, 1.165) is 5.56 Å². The van der Waals surface area contributed by atoms with Gasteiger partial charge in [0.1, 0.15) is 48.7 Å². The molecule has 1 unspecified atom stereocenters. The molecular weight excluding hydrogens is 918 g/mol. The Balaban J connectivity index is 0.00000121. The van der Waals surface area contributed by atoms with Crippen LogP contribution in [0.1, 0.15) is 54.0 Å². The first-order valence-electron chi connectivity index (χ1n) is 22.6. The zero-order valence-electron chi connectivity index (χ0n) is 38.1. The lowest BCUT2D eigenvalue weighted by molar-refractivity contribution is -0.192. The first-order valence-corrected chi connectivity index (χ1v) is 22.6. The maximum absolute atomic E-state index is 14.9. The van der Waals surface area contributed by atoms with Gasteiger partial charge in [0.05, 0.1) is 6.54 Å². The van der Waals surface area contributed by atoms with Crippen LogP contribution in [0.4, 0.5) is 18.0 Å². The number of carbonyl (C=O) groups excluding carboxylic acids is 6. The Morgan fingerprint density at radius 1 is 0.671 bits per heavy atom. The number of alkyl carbamates (subject to hydrolysis) is 1. The van der Waals surface area contributed by atoms with Gasteiger partial charge in [-0.25, -0.2) is 9.59 Å². The van der Waals surface area contributed by atoms with Gasteiger partial charge in [-0.2, -0.15) is 13.2 Å². The van der Waals surface area contributed by atoms with Crippen LogP contribution in [0.3, 0.4) is 0 Å². The summed E-state index contributed by atoms with van der Waals surface area (Å²) in [6.45, 7) is 0.846. The molecule has 6 amide bonds. The van der Waals surface area contributed by atoms with Crippen LogP contribution in [-0.2, 0) is 53.0 Å². The second kappa shape index (κ2) is 26.3. The highest BCUT2D eigenvalue weighted by Gasteiger charge is 2.45. The molecule has 2 aliphatic rings. The van der Waals surface area contributed by atoms with Crippen LogP contribution in [0.2, 0.25) is 0 Å². The molecule has 4 aromatic rings. The van der Waals surface area contributed by atoms with Crippen LogP contribution >= 0.6 is 0 Å². The van der Waals surface area contributed by atoms with Gasteiger partial charge in [0.15, 0.2) is 0 Å². The Hall–Kier alpha value is -7.52. The van der Waals surface area contributed by atoms with Crippen molar-refractivity contribution in [3.63, 3.8) is 0 Å². The number of nitrogens with one attached hydrogen (secondary N) is 5. The van der Waals surface area contributed by atoms with E-state index in [9.17, 15) is 41.9 Å². The maximum Gasteiger partial charge on any atom is 0.490 e. The molecule has 6 rings (SSSR count). The minimum absolute atomic E-state index is 0.0130. The molecule has 374 valence electrons. The Morgan fingerprint density at radius 3 is 1.81 bits per heavy atom. The second-order valence-corrected chi connectivity index (χ2v) is 16.4. The third-order valence-corrected chi connectivity index (χ3v) is 11.2. The number of halogens is 3. The number of rotatable bonds is 15. The zero-order chi connectivity index (χ0) is 50.6. The molecule has 0 spiro atoms. The molecule has 0 aromatic heterocycles. The monoisotopic (exact) mass is 974 g/mol. The molecule has 21 heteroatoms. The summed E-state index contributed by atoms with van der Waals surface area (Å²) in [5, 5.41) is 21.1. The smallest absolute Gasteiger partial charge is 0.489 e. The van der Waals surface area contributed by atoms with Crippen molar-refractivity contribution in [3.05, 3.63) is 138 Å². The van der Waals surface area contributed by atoms with E-state index in [1.54, 1.807) is 66.7 Å². The number of aliphatic carboxylic acids is 1. The van der Waals surface area contributed by atoms with Gasteiger partial charge in [-0.1, -0.05) is 103 Å². The average Bonchev–Trinajstić information content (AvgIpc) is 3.77. The van der Waals surface area contributed by atoms with Crippen molar-refractivity contribution in [1.82, 2.24) is 31.5 Å². The summed E-state index contributed by atoms with van der Waals surface area (Å²) in [4.78, 5) is 95.5. The topological polar surface area (TPSA) is 274 Å². The Kier molecular flexibility index (Phi) is 20.1. The van der Waals surface area contributed by atoms with Crippen molar-refractivity contribution in [2.75, 3.05) is 26.2 Å². The number of alkyl halides is 3. The molecule has 0 radical (unpaired) electrons. The number of amides is 6. The van der Waals surface area contributed by atoms with Crippen LogP contribution < -0.4 is 42.8 Å². The van der Waals surface area contributed by atoms with Crippen molar-refractivity contribution in [2.24, 2.45) is 11.5 Å². The number of hydrogen-bond acceptors (Lipinski definition) is 11. The van der Waals surface area contributed by atoms with Gasteiger partial charge in [-0.3, -0.25) is 24.0 Å². The van der Waals surface area contributed by atoms with Crippen LogP contribution in [0, 0.1) is 0 Å². The number of carbonyl (C=O) groups is 7. The molecule has 18 nitrogen and oxygen atoms in total. The third kappa shape index (κ3) is 16.3. The summed E-state index contributed by atoms with van der Waals surface area (Å²) >= 11 is 0. The van der Waals surface area contributed by atoms with Crippen molar-refractivity contribution in [2.45, 2.75) is 87.6 Å². The first-order chi connectivity index (χ1) is 33.6. The number of benzene rings is 4. The van der Waals surface area contributed by atoms with E-state index >= 15 is 0 Å². The highest BCUT2D eigenvalue weighted by Crippen LogP contribution is 2.25. The van der Waals surface area contributed by atoms with Crippen LogP contribution in [0.15, 0.2) is 115 Å². The minimum Gasteiger partial charge on any atom is -0.489 e. The van der Waals surface area contributed by atoms with Crippen molar-refractivity contribution >= 4 is 41.6 Å². The minimum atomic E-state index is -5.08. The highest BCUT2D eigenvalue weighted by molar-refractivity contribution is 5.98. The number of ether oxygens (including phenoxy) is 2. The van der Waals surface area contributed by atoms with Gasteiger partial charge in [0, 0.05) is 32.4 Å². The van der Waals surface area contributed by atoms with E-state index in [4.69, 9.17) is 30.8 Å². The standard InChI is InChI=1S/C47H56N8O8.C2HF3O2/c48-23-11-10-18-37-42(56)52-38(26-32-19-21-35(22-20-32)62-30-33-14-6-2-7-15-33)43(57)53-39(27-31-12-4-1-5-13-31)46(60)55-29-36(63-47(61)50-25-24-49)28-40(55)44(58)54-41(45(59)51-37)34-16-8-3-9-17-34;3-2(4,5)1(6)7/h1-9,12-17,19-22,36-41H,10-11,18,23-30,48-49H2,(H,50,61)(H,51,59)(H,52,56)(H,53,57)(H,54,58);(H,6,7)/t36?,37-,38-,39-,40-,41-;/m0./s1. The van der Waals surface area contributed by atoms with Gasteiger partial charge in [0.25, 0.3) is 0 Å². The Labute approximate surface area is 402 Å². The van der Waals surface area contributed by atoms with E-state index < -0.39 is 84.1 Å². The summed E-state index contributed by atoms with van der Waals surface area (Å²) in [5.74, 6) is -5.45. The molecule has 70 heavy (non-hydrogen) atoms. The number of unbranched alkanes of at least 4 members (excludes halogenated alkanes) is 1. The number of carboxylic acids is 1. The normalized spacial score (nSPS) is 20.9. The van der Waals surface area contributed by atoms with Gasteiger partial charge in [-0.05, 0) is 60.2 Å². The van der Waals surface area contributed by atoms with Crippen LogP contribution in [0.25, 0.3) is 0 Å². The van der Waals surface area contributed by atoms with Gasteiger partial charge in [0.2, 0.25) is 29.5 Å². The Bertz CT molecular complexity index is 2370. The molecule has 10 N–H and O–H groups in total. The molecule has 0 bridgehead atoms. The van der Waals surface area contributed by atoms with Crippen molar-refractivity contribution < 1.29 is 61.3 Å². The number of nitrogens with zero attached hydrogens (tertiary/aromatic N) is 1. The summed E-state index contributed by atoms with van der Waals surface area (Å²) in [7, 11) is 0. The van der Waals surface area contributed by atoms with Crippen LogP contribution in [-0.4, -0.2) is 114 Å². The SMILES string of the molecule is NCCCC[C@@H]1NC(=O)[C@H](c2ccccc2)NC(=O)[C@@H]2CC(OC(=O)NCCN)CN2C(=O)[C@H](Cc2ccccc2)NC(=O)[C@H](Cc2ccc(OCc3ccccc3)cc2)NC1=O.O=C(O)C(F)(F)F. The van der Waals surface area contributed by atoms with E-state index in [-0.39, 0.29) is 45.3 Å². The number of hydrogen-bond donors (Lipinski definition) is 8. The molecule has 2 saturated heterocycles. The van der Waals surface area contributed by atoms with E-state index in [1.165, 1.54) is 4.90 Å². The number of nitrogens with two attached hydrogens (primary N) is 2. The summed E-state index contributed by atoms with van der Waals surface area (Å²) in [5.41, 5.74) is 14.2. The fourth-order valence-electron chi connectivity index (χ4n) is 7.65. The molecule has 0 saturated carbocycles. The molecular formula is C49H57F3N8O10. The summed E-state index contributed by atoms with van der Waals surface area (Å²) in [6.07, 6.45) is -5.61. The Morgan fingerprint density at radius 2 is 1.21 bits per heavy atom. The predicted molar refractivity (Wildman–Crippen MR) is 248 cm³/mol. The molecule has 2 fully saturated rings. The third-order valence-electron chi connectivity index (χ3n) is 11.2. The van der Waals surface area contributed by atoms with Gasteiger partial charge in [-0.15, -0.1) is 0 Å². The molecule has 4 aromatic carbocycles. The molecule has 2 heterocycles. The van der Waals surface area contributed by atoms with Crippen LogP contribution in [0.5, 0.6) is 5.75 Å². The lowest BCUT2D eigenvalue weighted by Crippen LogP contribution is -2.58. The van der Waals surface area contributed by atoms with E-state index in [1.807, 2.05) is 48.5 Å². The quantitative estimate of drug-likeness (QED) is 0.0800. The second-order valence-electron chi connectivity index (χ2n) is 16.4. The predicted octanol–water partition coefficient (Wildman–Crippen LogP) is 2.79. The first kappa shape index (κ1) is 53.4. The summed E-state index contributed by atoms with van der Waals surface area (Å²) in [6, 6.07) is 28.3. The fraction of sp³-hybridized carbons (Fsp3) is 0.367. The summed E-state index contributed by atoms with van der Waals surface area (Å²) < 4.78 is 43.4. The zero-order valence-corrected chi connectivity index (χ0v) is 38.1. The van der Waals surface area contributed by atoms with Crippen molar-refractivity contribution in [1.29, 1.82) is 0 Å². The number of fused-ring (bicyclic) bond motifs is 1. The molecule has 2 aliphatic heterocycles. The molecule has 6 atom stereocenters. The largest absolute Gasteiger partial charge is 0.490 e. The van der Waals surface area contributed by atoms with Crippen molar-refractivity contribution in [3.8, 4) is 5.75 Å². The van der Waals surface area contributed by atoms with E-state index in [2.05, 4.69) is 26.6 Å². The number of carboxylic acid groups (broad SMARTS) is 1. The van der Waals surface area contributed by atoms with Gasteiger partial charge < -0.3 is 57.5 Å². The lowest BCUT2D eigenvalue weighted by atomic mass is 10.0. The lowest BCUT2D eigenvalue weighted by Gasteiger charge is -2.30. The highest BCUT2D eigenvalue weighted by atomic mass is 19.4. The fourth-order valence-corrected chi connectivity index (χ4v) is 7.65. The average molecular weight is 975 g/mol. The molecule has 0 aliphatic carbocycles.